The van der Waals surface area contributed by atoms with Gasteiger partial charge in [0.15, 0.2) is 5.76 Å². The second-order valence-corrected chi connectivity index (χ2v) is 8.77. The van der Waals surface area contributed by atoms with Crippen LogP contribution in [0.15, 0.2) is 47.1 Å². The number of amides is 2. The van der Waals surface area contributed by atoms with Crippen molar-refractivity contribution in [3.8, 4) is 16.2 Å². The first-order valence-corrected chi connectivity index (χ1v) is 10.9. The van der Waals surface area contributed by atoms with E-state index in [4.69, 9.17) is 9.15 Å². The van der Waals surface area contributed by atoms with Crippen LogP contribution >= 0.6 is 11.3 Å². The predicted molar refractivity (Wildman–Crippen MR) is 114 cm³/mol. The molecule has 7 heteroatoms. The topological polar surface area (TPSA) is 71.8 Å². The molecular weight excluding hydrogens is 400 g/mol. The van der Waals surface area contributed by atoms with E-state index in [0.29, 0.717) is 25.5 Å². The molecule has 0 spiro atoms. The Morgan fingerprint density at radius 3 is 2.73 bits per heavy atom. The molecule has 0 radical (unpaired) electrons. The van der Waals surface area contributed by atoms with E-state index in [-0.39, 0.29) is 17.9 Å². The summed E-state index contributed by atoms with van der Waals surface area (Å²) in [4.78, 5) is 29.2. The number of carbonyl (C=O) groups is 2. The maximum Gasteiger partial charge on any atom is 0.287 e. The van der Waals surface area contributed by atoms with Crippen LogP contribution in [0, 0.1) is 6.92 Å². The Balaban J connectivity index is 1.23. The summed E-state index contributed by atoms with van der Waals surface area (Å²) in [5, 5.41) is 3.03. The maximum atomic E-state index is 13.1. The second kappa shape index (κ2) is 7.65. The summed E-state index contributed by atoms with van der Waals surface area (Å²) >= 11 is 1.54. The molecule has 2 aromatic heterocycles. The van der Waals surface area contributed by atoms with E-state index in [1.165, 1.54) is 17.6 Å². The lowest BCUT2D eigenvalue weighted by molar-refractivity contribution is 0.0700. The summed E-state index contributed by atoms with van der Waals surface area (Å²) in [5.74, 6) is 1.10. The second-order valence-electron chi connectivity index (χ2n) is 7.72. The molecule has 0 saturated carbocycles. The summed E-state index contributed by atoms with van der Waals surface area (Å²) in [6.45, 7) is 3.59. The van der Waals surface area contributed by atoms with Crippen LogP contribution in [0.4, 0.5) is 0 Å². The highest BCUT2D eigenvalue weighted by atomic mass is 32.1. The molecule has 2 aliphatic rings. The molecule has 2 aliphatic heterocycles. The van der Waals surface area contributed by atoms with E-state index >= 15 is 0 Å². The van der Waals surface area contributed by atoms with Crippen molar-refractivity contribution in [3.05, 3.63) is 64.4 Å². The first-order chi connectivity index (χ1) is 14.6. The van der Waals surface area contributed by atoms with Crippen LogP contribution in [0.5, 0.6) is 5.75 Å². The SMILES string of the molecule is Cc1ccoc1C(=O)NC1CCN(C(=O)c2cc3c(s2)-c2ccccc2OC3)CC1. The van der Waals surface area contributed by atoms with Gasteiger partial charge in [0.25, 0.3) is 11.8 Å². The van der Waals surface area contributed by atoms with Crippen LogP contribution in [0.3, 0.4) is 0 Å². The van der Waals surface area contributed by atoms with E-state index in [1.54, 1.807) is 6.07 Å². The van der Waals surface area contributed by atoms with Crippen molar-refractivity contribution in [2.24, 2.45) is 0 Å². The lowest BCUT2D eigenvalue weighted by Gasteiger charge is -2.32. The Bertz CT molecular complexity index is 1110. The Morgan fingerprint density at radius 2 is 1.97 bits per heavy atom. The number of hydrogen-bond acceptors (Lipinski definition) is 5. The number of rotatable bonds is 3. The van der Waals surface area contributed by atoms with E-state index in [2.05, 4.69) is 5.32 Å². The summed E-state index contributed by atoms with van der Waals surface area (Å²) in [7, 11) is 0. The Morgan fingerprint density at radius 1 is 1.17 bits per heavy atom. The van der Waals surface area contributed by atoms with Gasteiger partial charge in [-0.05, 0) is 44.0 Å². The monoisotopic (exact) mass is 422 g/mol. The Kier molecular flexibility index (Phi) is 4.83. The third-order valence-electron chi connectivity index (χ3n) is 5.72. The molecule has 1 fully saturated rings. The van der Waals surface area contributed by atoms with Crippen molar-refractivity contribution in [2.45, 2.75) is 32.4 Å². The van der Waals surface area contributed by atoms with Crippen molar-refractivity contribution < 1.29 is 18.7 Å². The fourth-order valence-corrected chi connectivity index (χ4v) is 5.21. The molecule has 30 heavy (non-hydrogen) atoms. The van der Waals surface area contributed by atoms with Crippen LogP contribution in [-0.4, -0.2) is 35.8 Å². The highest BCUT2D eigenvalue weighted by molar-refractivity contribution is 7.17. The number of thiophene rings is 1. The minimum absolute atomic E-state index is 0.0443. The van der Waals surface area contributed by atoms with Gasteiger partial charge in [-0.2, -0.15) is 0 Å². The average molecular weight is 423 g/mol. The van der Waals surface area contributed by atoms with Gasteiger partial charge < -0.3 is 19.4 Å². The van der Waals surface area contributed by atoms with Crippen LogP contribution < -0.4 is 10.1 Å². The first-order valence-electron chi connectivity index (χ1n) is 10.1. The summed E-state index contributed by atoms with van der Waals surface area (Å²) in [5.41, 5.74) is 2.95. The quantitative estimate of drug-likeness (QED) is 0.685. The number of nitrogens with zero attached hydrogens (tertiary/aromatic N) is 1. The molecule has 0 aliphatic carbocycles. The van der Waals surface area contributed by atoms with Crippen molar-refractivity contribution in [3.63, 3.8) is 0 Å². The van der Waals surface area contributed by atoms with Crippen molar-refractivity contribution in [2.75, 3.05) is 13.1 Å². The Labute approximate surface area is 178 Å². The summed E-state index contributed by atoms with van der Waals surface area (Å²) < 4.78 is 11.1. The molecule has 6 nitrogen and oxygen atoms in total. The lowest BCUT2D eigenvalue weighted by Crippen LogP contribution is -2.46. The highest BCUT2D eigenvalue weighted by Crippen LogP contribution is 2.42. The van der Waals surface area contributed by atoms with Gasteiger partial charge in [-0.15, -0.1) is 11.3 Å². The van der Waals surface area contributed by atoms with E-state index in [0.717, 1.165) is 45.0 Å². The third kappa shape index (κ3) is 3.39. The lowest BCUT2D eigenvalue weighted by atomic mass is 10.0. The van der Waals surface area contributed by atoms with Gasteiger partial charge in [0.2, 0.25) is 0 Å². The number of hydrogen-bond donors (Lipinski definition) is 1. The molecule has 3 aromatic rings. The third-order valence-corrected chi connectivity index (χ3v) is 6.92. The van der Waals surface area contributed by atoms with Crippen molar-refractivity contribution in [1.29, 1.82) is 0 Å². The molecule has 0 atom stereocenters. The van der Waals surface area contributed by atoms with Crippen LogP contribution in [-0.2, 0) is 6.61 Å². The number of benzene rings is 1. The number of piperidine rings is 1. The Hall–Kier alpha value is -3.06. The number of furan rings is 1. The molecule has 4 heterocycles. The van der Waals surface area contributed by atoms with Gasteiger partial charge >= 0.3 is 0 Å². The fourth-order valence-electron chi connectivity index (χ4n) is 4.04. The van der Waals surface area contributed by atoms with Crippen LogP contribution in [0.1, 0.15) is 44.2 Å². The largest absolute Gasteiger partial charge is 0.488 e. The van der Waals surface area contributed by atoms with E-state index < -0.39 is 0 Å². The molecule has 1 N–H and O–H groups in total. The fraction of sp³-hybridized carbons (Fsp3) is 0.304. The normalized spacial score (nSPS) is 15.8. The van der Waals surface area contributed by atoms with E-state index in [1.807, 2.05) is 42.2 Å². The van der Waals surface area contributed by atoms with Gasteiger partial charge in [-0.1, -0.05) is 12.1 Å². The number of aryl methyl sites for hydroxylation is 1. The number of para-hydroxylation sites is 1. The minimum atomic E-state index is -0.188. The number of fused-ring (bicyclic) bond motifs is 3. The minimum Gasteiger partial charge on any atom is -0.488 e. The first kappa shape index (κ1) is 18.9. The molecule has 5 rings (SSSR count). The van der Waals surface area contributed by atoms with Gasteiger partial charge in [0.05, 0.1) is 11.1 Å². The molecule has 1 aromatic carbocycles. The molecule has 0 bridgehead atoms. The number of ether oxygens (including phenoxy) is 1. The number of nitrogens with one attached hydrogen (secondary N) is 1. The summed E-state index contributed by atoms with van der Waals surface area (Å²) in [6, 6.07) is 11.7. The molecular formula is C23H22N2O4S. The van der Waals surface area contributed by atoms with Crippen molar-refractivity contribution in [1.82, 2.24) is 10.2 Å². The standard InChI is InChI=1S/C23H22N2O4S/c1-14-8-11-28-20(14)22(26)24-16-6-9-25(10-7-16)23(27)19-12-15-13-29-18-5-3-2-4-17(18)21(15)30-19/h2-5,8,11-12,16H,6-7,9-10,13H2,1H3,(H,24,26). The van der Waals surface area contributed by atoms with Gasteiger partial charge in [-0.3, -0.25) is 9.59 Å². The molecule has 154 valence electrons. The number of likely N-dealkylation sites (tertiary alicyclic amines) is 1. The maximum absolute atomic E-state index is 13.1. The molecule has 0 unspecified atom stereocenters. The van der Waals surface area contributed by atoms with Crippen LogP contribution in [0.2, 0.25) is 0 Å². The summed E-state index contributed by atoms with van der Waals surface area (Å²) in [6.07, 6.45) is 2.98. The predicted octanol–water partition coefficient (Wildman–Crippen LogP) is 4.24. The van der Waals surface area contributed by atoms with Gasteiger partial charge in [0, 0.05) is 40.7 Å². The number of carbonyl (C=O) groups excluding carboxylic acids is 2. The smallest absolute Gasteiger partial charge is 0.287 e. The zero-order valence-electron chi connectivity index (χ0n) is 16.6. The molecule has 2 amide bonds. The average Bonchev–Trinajstić information content (AvgIpc) is 3.40. The van der Waals surface area contributed by atoms with Crippen LogP contribution in [0.25, 0.3) is 10.4 Å². The zero-order valence-corrected chi connectivity index (χ0v) is 17.5. The van der Waals surface area contributed by atoms with E-state index in [9.17, 15) is 9.59 Å². The van der Waals surface area contributed by atoms with Gasteiger partial charge in [0.1, 0.15) is 12.4 Å². The van der Waals surface area contributed by atoms with Crippen molar-refractivity contribution >= 4 is 23.2 Å². The van der Waals surface area contributed by atoms with Gasteiger partial charge in [-0.25, -0.2) is 0 Å². The highest BCUT2D eigenvalue weighted by Gasteiger charge is 2.28. The zero-order chi connectivity index (χ0) is 20.7. The molecule has 1 saturated heterocycles.